The number of carbonyl (C=O) groups excluding carboxylic acids is 1. The summed E-state index contributed by atoms with van der Waals surface area (Å²) in [6, 6.07) is 0.958. The minimum Gasteiger partial charge on any atom is -0.506 e. The summed E-state index contributed by atoms with van der Waals surface area (Å²) in [4.78, 5) is 11.2. The molecule has 1 atom stereocenters. The third-order valence-electron chi connectivity index (χ3n) is 2.33. The van der Waals surface area contributed by atoms with Crippen molar-refractivity contribution in [2.45, 2.75) is 18.9 Å². The number of phenols is 1. The molecule has 0 amide bonds. The van der Waals surface area contributed by atoms with E-state index in [1.54, 1.807) is 28.7 Å². The average molecular weight is 533 g/mol. The first-order valence-corrected chi connectivity index (χ1v) is 7.36. The minimum atomic E-state index is -3.90. The van der Waals surface area contributed by atoms with Crippen LogP contribution in [0, 0.1) is 7.14 Å². The van der Waals surface area contributed by atoms with Crippen LogP contribution in [0.4, 0.5) is 8.78 Å². The number of alkyl halides is 2. The lowest BCUT2D eigenvalue weighted by molar-refractivity contribution is -0.174. The van der Waals surface area contributed by atoms with Crippen molar-refractivity contribution in [3.8, 4) is 5.75 Å². The summed E-state index contributed by atoms with van der Waals surface area (Å²) in [6.45, 7) is 1.25. The van der Waals surface area contributed by atoms with Gasteiger partial charge >= 0.3 is 11.9 Å². The third-order valence-corrected chi connectivity index (χ3v) is 3.78. The normalized spacial score (nSPS) is 12.5. The quantitative estimate of drug-likeness (QED) is 0.461. The number of hydrogen-bond donors (Lipinski definition) is 2. The largest absolute Gasteiger partial charge is 0.506 e. The highest BCUT2D eigenvalue weighted by Crippen LogP contribution is 2.38. The summed E-state index contributed by atoms with van der Waals surface area (Å²) in [5.74, 6) is -5.95. The molecule has 4 nitrogen and oxygen atoms in total. The van der Waals surface area contributed by atoms with Gasteiger partial charge in [-0.3, -0.25) is 0 Å². The molecule has 0 aliphatic heterocycles. The van der Waals surface area contributed by atoms with Crippen molar-refractivity contribution in [1.82, 2.24) is 0 Å². The molecule has 0 saturated heterocycles. The van der Waals surface area contributed by atoms with Crippen molar-refractivity contribution in [2.24, 2.45) is 5.73 Å². The van der Waals surface area contributed by atoms with Crippen LogP contribution in [0.5, 0.6) is 5.75 Å². The van der Waals surface area contributed by atoms with Crippen molar-refractivity contribution in [3.63, 3.8) is 0 Å². The van der Waals surface area contributed by atoms with E-state index in [4.69, 9.17) is 5.73 Å². The Morgan fingerprint density at radius 3 is 2.55 bits per heavy atom. The Labute approximate surface area is 148 Å². The highest BCUT2D eigenvalue weighted by molar-refractivity contribution is 14.1. The number of ether oxygens (including phenoxy) is 1. The van der Waals surface area contributed by atoms with E-state index in [0.29, 0.717) is 7.14 Å². The number of nitrogens with two attached hydrogens (primary N) is 1. The Hall–Kier alpha value is 0.0600. The van der Waals surface area contributed by atoms with Crippen molar-refractivity contribution < 1.29 is 23.4 Å². The van der Waals surface area contributed by atoms with E-state index in [1.807, 2.05) is 22.6 Å². The molecule has 9 heteroatoms. The van der Waals surface area contributed by atoms with Crippen LogP contribution in [0.2, 0.25) is 0 Å². The maximum Gasteiger partial charge on any atom is 0.379 e. The van der Waals surface area contributed by atoms with Gasteiger partial charge in [0.2, 0.25) is 0 Å². The van der Waals surface area contributed by atoms with Crippen molar-refractivity contribution in [2.75, 3.05) is 6.61 Å². The maximum absolute atomic E-state index is 13.8. The first-order chi connectivity index (χ1) is 8.71. The number of halogens is 5. The highest BCUT2D eigenvalue weighted by atomic mass is 127. The van der Waals surface area contributed by atoms with Crippen LogP contribution in [-0.2, 0) is 9.53 Å². The van der Waals surface area contributed by atoms with Crippen molar-refractivity contribution >= 4 is 63.6 Å². The molecule has 0 unspecified atom stereocenters. The van der Waals surface area contributed by atoms with E-state index >= 15 is 0 Å². The van der Waals surface area contributed by atoms with E-state index in [1.165, 1.54) is 13.0 Å². The van der Waals surface area contributed by atoms with Gasteiger partial charge in [-0.1, -0.05) is 0 Å². The van der Waals surface area contributed by atoms with Crippen LogP contribution in [0.25, 0.3) is 0 Å². The van der Waals surface area contributed by atoms with Gasteiger partial charge in [0.25, 0.3) is 0 Å². The molecule has 0 aliphatic carbocycles. The van der Waals surface area contributed by atoms with Crippen molar-refractivity contribution in [1.29, 1.82) is 0 Å². The fourth-order valence-electron chi connectivity index (χ4n) is 1.37. The Balaban J connectivity index is 0.00000361. The van der Waals surface area contributed by atoms with E-state index in [0.717, 1.165) is 0 Å². The van der Waals surface area contributed by atoms with E-state index in [-0.39, 0.29) is 30.3 Å². The van der Waals surface area contributed by atoms with Crippen LogP contribution in [0.1, 0.15) is 18.5 Å². The number of phenolic OH excluding ortho intramolecular Hbond substituents is 1. The number of carbonyl (C=O) groups is 1. The number of aromatic hydroxyl groups is 1. The minimum absolute atomic E-state index is 0. The smallest absolute Gasteiger partial charge is 0.379 e. The fourth-order valence-corrected chi connectivity index (χ4v) is 3.26. The Kier molecular flexibility index (Phi) is 7.92. The fraction of sp³-hybridized carbons (Fsp3) is 0.364. The molecule has 0 heterocycles. The van der Waals surface area contributed by atoms with Crippen LogP contribution in [0.15, 0.2) is 12.1 Å². The number of rotatable bonds is 4. The molecule has 1 aromatic rings. The maximum atomic E-state index is 13.8. The zero-order valence-corrected chi connectivity index (χ0v) is 15.3. The summed E-state index contributed by atoms with van der Waals surface area (Å²) in [5, 5.41) is 9.79. The number of benzene rings is 1. The van der Waals surface area contributed by atoms with Crippen LogP contribution in [-0.4, -0.2) is 23.6 Å². The average Bonchev–Trinajstić information content (AvgIpc) is 2.33. The zero-order valence-electron chi connectivity index (χ0n) is 10.2. The summed E-state index contributed by atoms with van der Waals surface area (Å²) in [7, 11) is 0. The predicted molar refractivity (Wildman–Crippen MR) is 89.3 cm³/mol. The first-order valence-electron chi connectivity index (χ1n) is 5.20. The second kappa shape index (κ2) is 7.90. The topological polar surface area (TPSA) is 72.5 Å². The lowest BCUT2D eigenvalue weighted by atomic mass is 10.0. The molecule has 0 aliphatic rings. The first kappa shape index (κ1) is 20.1. The second-order valence-electron chi connectivity index (χ2n) is 3.65. The summed E-state index contributed by atoms with van der Waals surface area (Å²) < 4.78 is 32.9. The molecule has 0 radical (unpaired) electrons. The molecule has 114 valence electrons. The number of esters is 1. The molecule has 1 rings (SSSR count). The van der Waals surface area contributed by atoms with Gasteiger partial charge in [0, 0.05) is 9.13 Å². The van der Waals surface area contributed by atoms with Crippen LogP contribution in [0.3, 0.4) is 0 Å². The molecular weight excluding hydrogens is 521 g/mol. The predicted octanol–water partition coefficient (Wildman–Crippen LogP) is 3.22. The molecule has 0 aromatic heterocycles. The van der Waals surface area contributed by atoms with Gasteiger partial charge in [-0.25, -0.2) is 4.79 Å². The SMILES string of the molecule is CCOC(=O)C(F)(F)[C@@H](N)c1cc(I)cc(I)c1O.Cl. The van der Waals surface area contributed by atoms with E-state index < -0.39 is 17.9 Å². The molecule has 0 bridgehead atoms. The van der Waals surface area contributed by atoms with Crippen LogP contribution >= 0.6 is 57.6 Å². The molecule has 3 N–H and O–H groups in total. The molecule has 0 fully saturated rings. The molecule has 20 heavy (non-hydrogen) atoms. The number of hydrogen-bond acceptors (Lipinski definition) is 4. The molecular formula is C11H12ClF2I2NO3. The summed E-state index contributed by atoms with van der Waals surface area (Å²) >= 11 is 3.71. The second-order valence-corrected chi connectivity index (χ2v) is 6.05. The van der Waals surface area contributed by atoms with Gasteiger partial charge in [-0.15, -0.1) is 12.4 Å². The van der Waals surface area contributed by atoms with Gasteiger partial charge in [-0.05, 0) is 64.2 Å². The molecule has 0 saturated carbocycles. The van der Waals surface area contributed by atoms with E-state index in [2.05, 4.69) is 4.74 Å². The van der Waals surface area contributed by atoms with Gasteiger partial charge in [0.05, 0.1) is 10.2 Å². The lowest BCUT2D eigenvalue weighted by Crippen LogP contribution is -2.41. The standard InChI is InChI=1S/C11H11F2I2NO3.ClH/c1-2-19-10(18)11(12,13)9(16)6-3-5(14)4-7(15)8(6)17;/h3-4,9,17H,2,16H2,1H3;1H/t9-;/m0./s1. The molecule has 1 aromatic carbocycles. The van der Waals surface area contributed by atoms with Crippen molar-refractivity contribution in [3.05, 3.63) is 24.8 Å². The third kappa shape index (κ3) is 4.28. The van der Waals surface area contributed by atoms with Gasteiger partial charge in [0.1, 0.15) is 11.8 Å². The zero-order chi connectivity index (χ0) is 14.8. The van der Waals surface area contributed by atoms with Gasteiger partial charge in [-0.2, -0.15) is 8.78 Å². The van der Waals surface area contributed by atoms with Gasteiger partial charge in [0.15, 0.2) is 0 Å². The van der Waals surface area contributed by atoms with Gasteiger partial charge < -0.3 is 15.6 Å². The van der Waals surface area contributed by atoms with Crippen LogP contribution < -0.4 is 5.73 Å². The Morgan fingerprint density at radius 1 is 1.50 bits per heavy atom. The Morgan fingerprint density at radius 2 is 2.05 bits per heavy atom. The monoisotopic (exact) mass is 533 g/mol. The summed E-state index contributed by atoms with van der Waals surface area (Å²) in [6.07, 6.45) is 0. The molecule has 0 spiro atoms. The van der Waals surface area contributed by atoms with E-state index in [9.17, 15) is 18.7 Å². The highest BCUT2D eigenvalue weighted by Gasteiger charge is 2.48. The lowest BCUT2D eigenvalue weighted by Gasteiger charge is -2.23. The summed E-state index contributed by atoms with van der Waals surface area (Å²) in [5.41, 5.74) is 5.24. The Bertz CT molecular complexity index is 503.